The highest BCUT2D eigenvalue weighted by atomic mass is 35.5. The molecule has 3 N–H and O–H groups in total. The van der Waals surface area contributed by atoms with Crippen LogP contribution < -0.4 is 10.6 Å². The van der Waals surface area contributed by atoms with Gasteiger partial charge in [0.2, 0.25) is 0 Å². The van der Waals surface area contributed by atoms with Crippen molar-refractivity contribution in [2.45, 2.75) is 31.0 Å². The number of halogens is 2. The molecule has 2 rings (SSSR count). The first kappa shape index (κ1) is 17.3. The Kier molecular flexibility index (Phi) is 5.92. The fourth-order valence-electron chi connectivity index (χ4n) is 2.40. The second kappa shape index (κ2) is 7.51. The van der Waals surface area contributed by atoms with Crippen molar-refractivity contribution in [1.82, 2.24) is 10.6 Å². The Morgan fingerprint density at radius 2 is 2.14 bits per heavy atom. The number of urea groups is 1. The predicted octanol–water partition coefficient (Wildman–Crippen LogP) is 2.90. The van der Waals surface area contributed by atoms with Gasteiger partial charge in [-0.1, -0.05) is 29.3 Å². The first-order valence-corrected chi connectivity index (χ1v) is 7.91. The van der Waals surface area contributed by atoms with E-state index in [4.69, 9.17) is 27.9 Å². The molecule has 2 amide bonds. The Bertz CT molecular complexity index is 530. The smallest absolute Gasteiger partial charge is 0.314 e. The molecule has 0 spiro atoms. The Morgan fingerprint density at radius 1 is 1.41 bits per heavy atom. The Balaban J connectivity index is 1.78. The van der Waals surface area contributed by atoms with Gasteiger partial charge in [0, 0.05) is 35.8 Å². The molecule has 1 unspecified atom stereocenters. The molecule has 1 aliphatic carbocycles. The van der Waals surface area contributed by atoms with E-state index in [0.29, 0.717) is 22.2 Å². The average molecular weight is 347 g/mol. The van der Waals surface area contributed by atoms with E-state index in [0.717, 1.165) is 19.3 Å². The van der Waals surface area contributed by atoms with Crippen molar-refractivity contribution in [2.24, 2.45) is 0 Å². The zero-order valence-corrected chi connectivity index (χ0v) is 13.9. The van der Waals surface area contributed by atoms with Crippen LogP contribution in [0.15, 0.2) is 18.2 Å². The van der Waals surface area contributed by atoms with Gasteiger partial charge in [-0.15, -0.1) is 0 Å². The average Bonchev–Trinajstić information content (AvgIpc) is 2.44. The zero-order valence-electron chi connectivity index (χ0n) is 12.4. The molecule has 122 valence electrons. The van der Waals surface area contributed by atoms with Crippen LogP contribution in [0.1, 0.15) is 30.9 Å². The van der Waals surface area contributed by atoms with Crippen LogP contribution in [0.3, 0.4) is 0 Å². The van der Waals surface area contributed by atoms with Gasteiger partial charge >= 0.3 is 6.03 Å². The third-order valence-electron chi connectivity index (χ3n) is 4.05. The number of nitrogens with one attached hydrogen (secondary N) is 2. The third kappa shape index (κ3) is 4.26. The number of carbonyl (C=O) groups excluding carboxylic acids is 1. The Morgan fingerprint density at radius 3 is 2.68 bits per heavy atom. The molecule has 7 heteroatoms. The summed E-state index contributed by atoms with van der Waals surface area (Å²) in [4.78, 5) is 11.8. The number of methoxy groups -OCH3 is 1. The SMILES string of the molecule is COC1(CNC(=O)NCC(O)c2ccc(Cl)cc2Cl)CCC1. The summed E-state index contributed by atoms with van der Waals surface area (Å²) in [7, 11) is 1.66. The van der Waals surface area contributed by atoms with Gasteiger partial charge in [0.05, 0.1) is 11.7 Å². The molecule has 22 heavy (non-hydrogen) atoms. The van der Waals surface area contributed by atoms with E-state index in [1.165, 1.54) is 0 Å². The molecule has 0 heterocycles. The van der Waals surface area contributed by atoms with Crippen molar-refractivity contribution in [3.8, 4) is 0 Å². The van der Waals surface area contributed by atoms with Crippen LogP contribution in [-0.4, -0.2) is 36.9 Å². The lowest BCUT2D eigenvalue weighted by atomic mass is 9.80. The predicted molar refractivity (Wildman–Crippen MR) is 86.4 cm³/mol. The van der Waals surface area contributed by atoms with Gasteiger partial charge < -0.3 is 20.5 Å². The Labute approximate surface area is 139 Å². The summed E-state index contributed by atoms with van der Waals surface area (Å²) in [5.74, 6) is 0. The second-order valence-corrected chi connectivity index (χ2v) is 6.33. The van der Waals surface area contributed by atoms with E-state index in [1.807, 2.05) is 0 Å². The van der Waals surface area contributed by atoms with E-state index < -0.39 is 6.10 Å². The number of hydrogen-bond acceptors (Lipinski definition) is 3. The maximum atomic E-state index is 11.8. The summed E-state index contributed by atoms with van der Waals surface area (Å²) < 4.78 is 5.42. The minimum atomic E-state index is -0.893. The van der Waals surface area contributed by atoms with Crippen LogP contribution in [0.4, 0.5) is 4.79 Å². The maximum Gasteiger partial charge on any atom is 0.314 e. The number of aliphatic hydroxyl groups excluding tert-OH is 1. The van der Waals surface area contributed by atoms with E-state index >= 15 is 0 Å². The van der Waals surface area contributed by atoms with Gasteiger partial charge in [0.1, 0.15) is 0 Å². The number of ether oxygens (including phenoxy) is 1. The van der Waals surface area contributed by atoms with Crippen LogP contribution in [-0.2, 0) is 4.74 Å². The molecular formula is C15H20Cl2N2O3. The fraction of sp³-hybridized carbons (Fsp3) is 0.533. The minimum absolute atomic E-state index is 0.0627. The standard InChI is InChI=1S/C15H20Cl2N2O3/c1-22-15(5-2-6-15)9-19-14(21)18-8-13(20)11-4-3-10(16)7-12(11)17/h3-4,7,13,20H,2,5-6,8-9H2,1H3,(H2,18,19,21). The lowest BCUT2D eigenvalue weighted by molar-refractivity contribution is -0.0674. The van der Waals surface area contributed by atoms with E-state index in [9.17, 15) is 9.90 Å². The quantitative estimate of drug-likeness (QED) is 0.741. The zero-order chi connectivity index (χ0) is 16.2. The van der Waals surface area contributed by atoms with E-state index in [1.54, 1.807) is 25.3 Å². The van der Waals surface area contributed by atoms with Gasteiger partial charge in [-0.2, -0.15) is 0 Å². The molecule has 0 saturated heterocycles. The number of benzene rings is 1. The van der Waals surface area contributed by atoms with Gasteiger partial charge in [0.15, 0.2) is 0 Å². The number of rotatable bonds is 6. The first-order valence-electron chi connectivity index (χ1n) is 7.16. The minimum Gasteiger partial charge on any atom is -0.387 e. The largest absolute Gasteiger partial charge is 0.387 e. The summed E-state index contributed by atoms with van der Waals surface area (Å²) in [6.45, 7) is 0.528. The highest BCUT2D eigenvalue weighted by Crippen LogP contribution is 2.34. The highest BCUT2D eigenvalue weighted by Gasteiger charge is 2.37. The van der Waals surface area contributed by atoms with E-state index in [2.05, 4.69) is 10.6 Å². The third-order valence-corrected chi connectivity index (χ3v) is 4.61. The summed E-state index contributed by atoms with van der Waals surface area (Å²) in [5, 5.41) is 16.3. The highest BCUT2D eigenvalue weighted by molar-refractivity contribution is 6.35. The molecule has 5 nitrogen and oxygen atoms in total. The maximum absolute atomic E-state index is 11.8. The molecule has 1 aliphatic rings. The number of carbonyl (C=O) groups is 1. The second-order valence-electron chi connectivity index (χ2n) is 5.49. The molecule has 1 atom stereocenters. The van der Waals surface area contributed by atoms with Crippen LogP contribution in [0.25, 0.3) is 0 Å². The molecule has 1 aromatic carbocycles. The summed E-state index contributed by atoms with van der Waals surface area (Å²) in [6, 6.07) is 4.50. The lowest BCUT2D eigenvalue weighted by Gasteiger charge is -2.40. The molecule has 0 aromatic heterocycles. The first-order chi connectivity index (χ1) is 10.5. The van der Waals surface area contributed by atoms with Crippen LogP contribution in [0.5, 0.6) is 0 Å². The summed E-state index contributed by atoms with van der Waals surface area (Å²) in [6.07, 6.45) is 2.13. The van der Waals surface area contributed by atoms with Crippen molar-refractivity contribution in [3.63, 3.8) is 0 Å². The van der Waals surface area contributed by atoms with E-state index in [-0.39, 0.29) is 18.2 Å². The fourth-order valence-corrected chi connectivity index (χ4v) is 2.93. The molecule has 0 bridgehead atoms. The summed E-state index contributed by atoms with van der Waals surface area (Å²) >= 11 is 11.8. The Hall–Kier alpha value is -1.01. The van der Waals surface area contributed by atoms with Crippen LogP contribution >= 0.6 is 23.2 Å². The summed E-state index contributed by atoms with van der Waals surface area (Å²) in [5.41, 5.74) is 0.300. The van der Waals surface area contributed by atoms with Gasteiger partial charge in [-0.05, 0) is 31.4 Å². The van der Waals surface area contributed by atoms with Gasteiger partial charge in [-0.25, -0.2) is 4.79 Å². The van der Waals surface area contributed by atoms with Crippen LogP contribution in [0.2, 0.25) is 10.0 Å². The van der Waals surface area contributed by atoms with Crippen molar-refractivity contribution >= 4 is 29.2 Å². The molecule has 1 saturated carbocycles. The number of aliphatic hydroxyl groups is 1. The van der Waals surface area contributed by atoms with Crippen molar-refractivity contribution in [3.05, 3.63) is 33.8 Å². The monoisotopic (exact) mass is 346 g/mol. The molecule has 1 aromatic rings. The lowest BCUT2D eigenvalue weighted by Crippen LogP contribution is -2.51. The van der Waals surface area contributed by atoms with Crippen molar-refractivity contribution < 1.29 is 14.6 Å². The van der Waals surface area contributed by atoms with Crippen molar-refractivity contribution in [2.75, 3.05) is 20.2 Å². The van der Waals surface area contributed by atoms with Crippen molar-refractivity contribution in [1.29, 1.82) is 0 Å². The van der Waals surface area contributed by atoms with Gasteiger partial charge in [0.25, 0.3) is 0 Å². The molecule has 0 aliphatic heterocycles. The normalized spacial score (nSPS) is 17.5. The van der Waals surface area contributed by atoms with Crippen LogP contribution in [0, 0.1) is 0 Å². The topological polar surface area (TPSA) is 70.6 Å². The number of amides is 2. The molecular weight excluding hydrogens is 327 g/mol. The number of hydrogen-bond donors (Lipinski definition) is 3. The van der Waals surface area contributed by atoms with Gasteiger partial charge in [-0.3, -0.25) is 0 Å². The molecule has 1 fully saturated rings. The molecule has 0 radical (unpaired) electrons.